The normalized spacial score (nSPS) is 10.4. The molecule has 72 valence electrons. The number of hydrogen-bond acceptors (Lipinski definition) is 4. The number of aromatic amines is 1. The third kappa shape index (κ3) is 1.54. The van der Waals surface area contributed by atoms with Crippen LogP contribution < -0.4 is 0 Å². The summed E-state index contributed by atoms with van der Waals surface area (Å²) in [5.41, 5.74) is 0. The van der Waals surface area contributed by atoms with E-state index in [1.165, 1.54) is 6.33 Å². The second kappa shape index (κ2) is 3.41. The quantitative estimate of drug-likeness (QED) is 0.691. The largest absolute Gasteiger partial charge is 0.342 e. The molecule has 6 heteroatoms. The van der Waals surface area contributed by atoms with Gasteiger partial charge in [0.2, 0.25) is 5.78 Å². The van der Waals surface area contributed by atoms with E-state index in [0.29, 0.717) is 11.6 Å². The molecular formula is C8H9N5O. The molecule has 0 saturated heterocycles. The van der Waals surface area contributed by atoms with Crippen molar-refractivity contribution in [1.82, 2.24) is 24.7 Å². The van der Waals surface area contributed by atoms with Gasteiger partial charge in [-0.15, -0.1) is 0 Å². The first kappa shape index (κ1) is 8.61. The average molecular weight is 191 g/mol. The maximum absolute atomic E-state index is 11.6. The van der Waals surface area contributed by atoms with Crippen LogP contribution in [-0.2, 0) is 13.5 Å². The molecule has 6 nitrogen and oxygen atoms in total. The summed E-state index contributed by atoms with van der Waals surface area (Å²) < 4.78 is 1.57. The minimum absolute atomic E-state index is 0.0916. The standard InChI is InChI=1S/C8H9N5O/c1-13-7(11-5-12-13)4-6(14)8-9-2-3-10-8/h2-3,5H,4H2,1H3,(H,9,10). The van der Waals surface area contributed by atoms with Crippen molar-refractivity contribution in [1.29, 1.82) is 0 Å². The highest BCUT2D eigenvalue weighted by atomic mass is 16.1. The Morgan fingerprint density at radius 2 is 2.43 bits per heavy atom. The number of nitrogens with one attached hydrogen (secondary N) is 1. The third-order valence-electron chi connectivity index (χ3n) is 1.89. The number of Topliss-reactive ketones (excluding diaryl/α,β-unsaturated/α-hetero) is 1. The lowest BCUT2D eigenvalue weighted by molar-refractivity contribution is 0.0980. The van der Waals surface area contributed by atoms with E-state index in [4.69, 9.17) is 0 Å². The molecule has 2 aromatic rings. The molecule has 0 atom stereocenters. The SMILES string of the molecule is Cn1ncnc1CC(=O)c1ncc[nH]1. The molecule has 2 aromatic heterocycles. The van der Waals surface area contributed by atoms with Crippen molar-refractivity contribution >= 4 is 5.78 Å². The first-order valence-electron chi connectivity index (χ1n) is 4.13. The molecule has 0 saturated carbocycles. The molecule has 0 aliphatic heterocycles. The Hall–Kier alpha value is -1.98. The highest BCUT2D eigenvalue weighted by Gasteiger charge is 2.12. The molecule has 0 aliphatic carbocycles. The third-order valence-corrected chi connectivity index (χ3v) is 1.89. The van der Waals surface area contributed by atoms with Crippen LogP contribution in [-0.4, -0.2) is 30.5 Å². The minimum Gasteiger partial charge on any atom is -0.342 e. The van der Waals surface area contributed by atoms with E-state index in [2.05, 4.69) is 20.1 Å². The number of ketones is 1. The van der Waals surface area contributed by atoms with Gasteiger partial charge in [-0.2, -0.15) is 5.10 Å². The number of nitrogens with zero attached hydrogens (tertiary/aromatic N) is 4. The van der Waals surface area contributed by atoms with Gasteiger partial charge in [0.1, 0.15) is 12.2 Å². The van der Waals surface area contributed by atoms with Gasteiger partial charge in [-0.3, -0.25) is 9.48 Å². The summed E-state index contributed by atoms with van der Waals surface area (Å²) in [6.45, 7) is 0. The van der Waals surface area contributed by atoms with E-state index in [0.717, 1.165) is 0 Å². The molecule has 0 aliphatic rings. The van der Waals surface area contributed by atoms with Gasteiger partial charge < -0.3 is 4.98 Å². The molecular weight excluding hydrogens is 182 g/mol. The predicted octanol–water partition coefficient (Wildman–Crippen LogP) is -0.0364. The Morgan fingerprint density at radius 3 is 3.00 bits per heavy atom. The van der Waals surface area contributed by atoms with E-state index < -0.39 is 0 Å². The molecule has 0 bridgehead atoms. The molecule has 0 aromatic carbocycles. The van der Waals surface area contributed by atoms with Crippen LogP contribution in [0.2, 0.25) is 0 Å². The topological polar surface area (TPSA) is 76.5 Å². The Bertz CT molecular complexity index is 430. The van der Waals surface area contributed by atoms with E-state index in [1.807, 2.05) is 0 Å². The van der Waals surface area contributed by atoms with Crippen LogP contribution in [0.25, 0.3) is 0 Å². The zero-order chi connectivity index (χ0) is 9.97. The van der Waals surface area contributed by atoms with E-state index in [-0.39, 0.29) is 12.2 Å². The van der Waals surface area contributed by atoms with Crippen molar-refractivity contribution in [3.05, 3.63) is 30.4 Å². The summed E-state index contributed by atoms with van der Waals surface area (Å²) in [7, 11) is 1.75. The summed E-state index contributed by atoms with van der Waals surface area (Å²) in [4.78, 5) is 22.1. The highest BCUT2D eigenvalue weighted by Crippen LogP contribution is 1.99. The van der Waals surface area contributed by atoms with Crippen LogP contribution in [0.3, 0.4) is 0 Å². The number of aromatic nitrogens is 5. The van der Waals surface area contributed by atoms with Gasteiger partial charge in [-0.1, -0.05) is 0 Å². The van der Waals surface area contributed by atoms with Crippen molar-refractivity contribution in [3.8, 4) is 0 Å². The molecule has 14 heavy (non-hydrogen) atoms. The first-order valence-corrected chi connectivity index (χ1v) is 4.13. The fourth-order valence-electron chi connectivity index (χ4n) is 1.13. The van der Waals surface area contributed by atoms with E-state index >= 15 is 0 Å². The number of aryl methyl sites for hydroxylation is 1. The summed E-state index contributed by atoms with van der Waals surface area (Å²) in [5.74, 6) is 0.894. The van der Waals surface area contributed by atoms with Crippen molar-refractivity contribution in [2.24, 2.45) is 7.05 Å². The van der Waals surface area contributed by atoms with Gasteiger partial charge in [-0.25, -0.2) is 9.97 Å². The van der Waals surface area contributed by atoms with Crippen LogP contribution >= 0.6 is 0 Å². The number of imidazole rings is 1. The summed E-state index contributed by atoms with van der Waals surface area (Å²) in [5, 5.41) is 3.87. The Morgan fingerprint density at radius 1 is 1.57 bits per heavy atom. The highest BCUT2D eigenvalue weighted by molar-refractivity contribution is 5.93. The second-order valence-electron chi connectivity index (χ2n) is 2.84. The van der Waals surface area contributed by atoms with Crippen LogP contribution in [0.5, 0.6) is 0 Å². The Kier molecular flexibility index (Phi) is 2.10. The number of H-pyrrole nitrogens is 1. The van der Waals surface area contributed by atoms with Gasteiger partial charge >= 0.3 is 0 Å². The van der Waals surface area contributed by atoms with Gasteiger partial charge in [0.15, 0.2) is 5.82 Å². The average Bonchev–Trinajstić information content (AvgIpc) is 2.77. The minimum atomic E-state index is -0.0916. The summed E-state index contributed by atoms with van der Waals surface area (Å²) in [6.07, 6.45) is 4.79. The maximum atomic E-state index is 11.6. The van der Waals surface area contributed by atoms with Crippen LogP contribution in [0.4, 0.5) is 0 Å². The number of hydrogen-bond donors (Lipinski definition) is 1. The lowest BCUT2D eigenvalue weighted by atomic mass is 10.2. The lowest BCUT2D eigenvalue weighted by Crippen LogP contribution is -2.10. The Labute approximate surface area is 80.0 Å². The fourth-order valence-corrected chi connectivity index (χ4v) is 1.13. The molecule has 0 radical (unpaired) electrons. The van der Waals surface area contributed by atoms with Crippen LogP contribution in [0.1, 0.15) is 16.4 Å². The van der Waals surface area contributed by atoms with Crippen molar-refractivity contribution in [2.75, 3.05) is 0 Å². The van der Waals surface area contributed by atoms with Crippen molar-refractivity contribution < 1.29 is 4.79 Å². The smallest absolute Gasteiger partial charge is 0.205 e. The van der Waals surface area contributed by atoms with Gasteiger partial charge in [0.05, 0.1) is 6.42 Å². The monoisotopic (exact) mass is 191 g/mol. The molecule has 0 fully saturated rings. The molecule has 0 amide bonds. The zero-order valence-corrected chi connectivity index (χ0v) is 7.64. The molecule has 2 heterocycles. The van der Waals surface area contributed by atoms with E-state index in [9.17, 15) is 4.79 Å². The predicted molar refractivity (Wildman–Crippen MR) is 47.6 cm³/mol. The molecule has 1 N–H and O–H groups in total. The lowest BCUT2D eigenvalue weighted by Gasteiger charge is -1.96. The number of rotatable bonds is 3. The Balaban J connectivity index is 2.13. The zero-order valence-electron chi connectivity index (χ0n) is 7.64. The van der Waals surface area contributed by atoms with Crippen LogP contribution in [0.15, 0.2) is 18.7 Å². The van der Waals surface area contributed by atoms with E-state index in [1.54, 1.807) is 24.1 Å². The van der Waals surface area contributed by atoms with Crippen molar-refractivity contribution in [3.63, 3.8) is 0 Å². The fraction of sp³-hybridized carbons (Fsp3) is 0.250. The van der Waals surface area contributed by atoms with Gasteiger partial charge in [0.25, 0.3) is 0 Å². The molecule has 0 spiro atoms. The summed E-state index contributed by atoms with van der Waals surface area (Å²) >= 11 is 0. The van der Waals surface area contributed by atoms with Crippen LogP contribution in [0, 0.1) is 0 Å². The first-order chi connectivity index (χ1) is 6.77. The number of carbonyl (C=O) groups excluding carboxylic acids is 1. The van der Waals surface area contributed by atoms with Gasteiger partial charge in [0, 0.05) is 19.4 Å². The molecule has 2 rings (SSSR count). The summed E-state index contributed by atoms with van der Waals surface area (Å²) in [6, 6.07) is 0. The second-order valence-corrected chi connectivity index (χ2v) is 2.84. The number of carbonyl (C=O) groups is 1. The van der Waals surface area contributed by atoms with Crippen molar-refractivity contribution in [2.45, 2.75) is 6.42 Å². The van der Waals surface area contributed by atoms with Gasteiger partial charge in [-0.05, 0) is 0 Å². The molecule has 0 unspecified atom stereocenters. The maximum Gasteiger partial charge on any atom is 0.205 e.